The molecule has 0 bridgehead atoms. The summed E-state index contributed by atoms with van der Waals surface area (Å²) in [6, 6.07) is 2.98. The Kier molecular flexibility index (Phi) is 2.67. The molecule has 0 spiro atoms. The lowest BCUT2D eigenvalue weighted by molar-refractivity contribution is 0.0696. The number of hydrogen-bond donors (Lipinski definition) is 1. The van der Waals surface area contributed by atoms with Crippen LogP contribution in [0.5, 0.6) is 0 Å². The van der Waals surface area contributed by atoms with Crippen LogP contribution in [0.3, 0.4) is 0 Å². The minimum atomic E-state index is -0.966. The highest BCUT2D eigenvalue weighted by Crippen LogP contribution is 2.15. The van der Waals surface area contributed by atoms with Gasteiger partial charge in [0.1, 0.15) is 0 Å². The number of carboxylic acids is 1. The number of aromatic nitrogens is 3. The fraction of sp³-hybridized carbons (Fsp3) is 0.250. The van der Waals surface area contributed by atoms with Gasteiger partial charge < -0.3 is 5.11 Å². The zero-order valence-corrected chi connectivity index (χ0v) is 9.93. The SMILES string of the molecule is Cc1nn(-c2cc(C(=O)O)ccn2)c(C)c1C. The Morgan fingerprint density at radius 3 is 2.59 bits per heavy atom. The summed E-state index contributed by atoms with van der Waals surface area (Å²) < 4.78 is 1.66. The van der Waals surface area contributed by atoms with Crippen molar-refractivity contribution in [1.29, 1.82) is 0 Å². The summed E-state index contributed by atoms with van der Waals surface area (Å²) in [6.07, 6.45) is 1.48. The molecular weight excluding hydrogens is 218 g/mol. The number of rotatable bonds is 2. The van der Waals surface area contributed by atoms with Gasteiger partial charge in [0.25, 0.3) is 0 Å². The van der Waals surface area contributed by atoms with Gasteiger partial charge in [-0.3, -0.25) is 0 Å². The van der Waals surface area contributed by atoms with Gasteiger partial charge in [-0.1, -0.05) is 0 Å². The predicted octanol–water partition coefficient (Wildman–Crippen LogP) is 1.89. The Labute approximate surface area is 98.7 Å². The topological polar surface area (TPSA) is 68.0 Å². The average molecular weight is 231 g/mol. The van der Waals surface area contributed by atoms with Crippen molar-refractivity contribution in [2.75, 3.05) is 0 Å². The van der Waals surface area contributed by atoms with Crippen molar-refractivity contribution >= 4 is 5.97 Å². The summed E-state index contributed by atoms with van der Waals surface area (Å²) in [6.45, 7) is 5.83. The highest BCUT2D eigenvalue weighted by Gasteiger charge is 2.11. The molecule has 0 fully saturated rings. The second-order valence-corrected chi connectivity index (χ2v) is 3.92. The molecule has 0 unspecified atom stereocenters. The van der Waals surface area contributed by atoms with Crippen molar-refractivity contribution in [1.82, 2.24) is 14.8 Å². The van der Waals surface area contributed by atoms with Crippen LogP contribution in [0.1, 0.15) is 27.3 Å². The monoisotopic (exact) mass is 231 g/mol. The van der Waals surface area contributed by atoms with Gasteiger partial charge in [0.05, 0.1) is 11.3 Å². The molecule has 1 N–H and O–H groups in total. The molecule has 0 aliphatic carbocycles. The van der Waals surface area contributed by atoms with Crippen molar-refractivity contribution in [2.24, 2.45) is 0 Å². The molecule has 0 saturated carbocycles. The summed E-state index contributed by atoms with van der Waals surface area (Å²) in [5.41, 5.74) is 3.19. The quantitative estimate of drug-likeness (QED) is 0.857. The number of aryl methyl sites for hydroxylation is 1. The summed E-state index contributed by atoms with van der Waals surface area (Å²) >= 11 is 0. The largest absolute Gasteiger partial charge is 0.478 e. The number of aromatic carboxylic acids is 1. The maximum absolute atomic E-state index is 10.9. The summed E-state index contributed by atoms with van der Waals surface area (Å²) in [4.78, 5) is 15.0. The Balaban J connectivity index is 2.56. The number of hydrogen-bond acceptors (Lipinski definition) is 3. The van der Waals surface area contributed by atoms with Gasteiger partial charge in [0.15, 0.2) is 5.82 Å². The maximum atomic E-state index is 10.9. The number of carbonyl (C=O) groups is 1. The lowest BCUT2D eigenvalue weighted by Crippen LogP contribution is -2.05. The molecule has 0 aliphatic rings. The van der Waals surface area contributed by atoms with E-state index in [0.717, 1.165) is 17.0 Å². The minimum absolute atomic E-state index is 0.209. The van der Waals surface area contributed by atoms with Crippen molar-refractivity contribution in [3.05, 3.63) is 40.8 Å². The van der Waals surface area contributed by atoms with Crippen LogP contribution in [0.25, 0.3) is 5.82 Å². The lowest BCUT2D eigenvalue weighted by Gasteiger charge is -2.04. The molecule has 0 radical (unpaired) electrons. The molecule has 0 amide bonds. The Morgan fingerprint density at radius 2 is 2.06 bits per heavy atom. The predicted molar refractivity (Wildman–Crippen MR) is 62.5 cm³/mol. The van der Waals surface area contributed by atoms with Crippen LogP contribution < -0.4 is 0 Å². The van der Waals surface area contributed by atoms with Crippen LogP contribution in [0.4, 0.5) is 0 Å². The molecule has 5 heteroatoms. The molecule has 5 nitrogen and oxygen atoms in total. The lowest BCUT2D eigenvalue weighted by atomic mass is 10.2. The van der Waals surface area contributed by atoms with E-state index >= 15 is 0 Å². The number of carboxylic acid groups (broad SMARTS) is 1. The van der Waals surface area contributed by atoms with Crippen LogP contribution in [-0.4, -0.2) is 25.8 Å². The molecule has 2 rings (SSSR count). The van der Waals surface area contributed by atoms with Crippen LogP contribution in [0.15, 0.2) is 18.3 Å². The average Bonchev–Trinajstić information content (AvgIpc) is 2.57. The molecular formula is C12H13N3O2. The molecule has 0 aliphatic heterocycles. The third-order valence-electron chi connectivity index (χ3n) is 2.86. The normalized spacial score (nSPS) is 10.5. The highest BCUT2D eigenvalue weighted by molar-refractivity contribution is 5.87. The fourth-order valence-electron chi connectivity index (χ4n) is 1.61. The first-order valence-corrected chi connectivity index (χ1v) is 5.23. The van der Waals surface area contributed by atoms with E-state index in [-0.39, 0.29) is 5.56 Å². The van der Waals surface area contributed by atoms with Crippen molar-refractivity contribution in [2.45, 2.75) is 20.8 Å². The smallest absolute Gasteiger partial charge is 0.335 e. The first kappa shape index (κ1) is 11.3. The maximum Gasteiger partial charge on any atom is 0.335 e. The Hall–Kier alpha value is -2.17. The minimum Gasteiger partial charge on any atom is -0.478 e. The zero-order chi connectivity index (χ0) is 12.6. The van der Waals surface area contributed by atoms with E-state index in [0.29, 0.717) is 5.82 Å². The summed E-state index contributed by atoms with van der Waals surface area (Å²) in [7, 11) is 0. The van der Waals surface area contributed by atoms with Crippen LogP contribution in [0.2, 0.25) is 0 Å². The van der Waals surface area contributed by atoms with Crippen molar-refractivity contribution < 1.29 is 9.90 Å². The van der Waals surface area contributed by atoms with Gasteiger partial charge in [-0.05, 0) is 38.5 Å². The van der Waals surface area contributed by atoms with E-state index in [9.17, 15) is 4.79 Å². The van der Waals surface area contributed by atoms with Gasteiger partial charge in [0, 0.05) is 11.9 Å². The molecule has 2 aromatic heterocycles. The van der Waals surface area contributed by atoms with Crippen LogP contribution in [0, 0.1) is 20.8 Å². The Morgan fingerprint density at radius 1 is 1.35 bits per heavy atom. The third-order valence-corrected chi connectivity index (χ3v) is 2.86. The van der Waals surface area contributed by atoms with Gasteiger partial charge in [-0.25, -0.2) is 14.5 Å². The summed E-state index contributed by atoms with van der Waals surface area (Å²) in [5, 5.41) is 13.3. The van der Waals surface area contributed by atoms with Crippen molar-refractivity contribution in [3.63, 3.8) is 0 Å². The first-order chi connectivity index (χ1) is 8.00. The van der Waals surface area contributed by atoms with Gasteiger partial charge in [0.2, 0.25) is 0 Å². The molecule has 2 heterocycles. The van der Waals surface area contributed by atoms with E-state index < -0.39 is 5.97 Å². The number of nitrogens with zero attached hydrogens (tertiary/aromatic N) is 3. The molecule has 17 heavy (non-hydrogen) atoms. The molecule has 0 atom stereocenters. The molecule has 0 saturated heterocycles. The second-order valence-electron chi connectivity index (χ2n) is 3.92. The third kappa shape index (κ3) is 1.91. The standard InChI is InChI=1S/C12H13N3O2/c1-7-8(2)14-15(9(7)3)11-6-10(12(16)17)4-5-13-11/h4-6H,1-3H3,(H,16,17). The first-order valence-electron chi connectivity index (χ1n) is 5.23. The highest BCUT2D eigenvalue weighted by atomic mass is 16.4. The van der Waals surface area contributed by atoms with Crippen molar-refractivity contribution in [3.8, 4) is 5.82 Å². The molecule has 2 aromatic rings. The zero-order valence-electron chi connectivity index (χ0n) is 9.93. The van der Waals surface area contributed by atoms with Gasteiger partial charge in [-0.2, -0.15) is 5.10 Å². The van der Waals surface area contributed by atoms with Crippen LogP contribution >= 0.6 is 0 Å². The van der Waals surface area contributed by atoms with E-state index in [1.54, 1.807) is 4.68 Å². The van der Waals surface area contributed by atoms with Crippen LogP contribution in [-0.2, 0) is 0 Å². The van der Waals surface area contributed by atoms with Gasteiger partial charge >= 0.3 is 5.97 Å². The van der Waals surface area contributed by atoms with E-state index in [1.165, 1.54) is 18.3 Å². The van der Waals surface area contributed by atoms with E-state index in [2.05, 4.69) is 10.1 Å². The summed E-state index contributed by atoms with van der Waals surface area (Å²) in [5.74, 6) is -0.439. The molecule has 88 valence electrons. The molecule has 0 aromatic carbocycles. The second kappa shape index (κ2) is 4.01. The van der Waals surface area contributed by atoms with Gasteiger partial charge in [-0.15, -0.1) is 0 Å². The Bertz CT molecular complexity index is 587. The number of pyridine rings is 1. The van der Waals surface area contributed by atoms with E-state index in [1.807, 2.05) is 20.8 Å². The van der Waals surface area contributed by atoms with E-state index in [4.69, 9.17) is 5.11 Å². The fourth-order valence-corrected chi connectivity index (χ4v) is 1.61.